The maximum absolute atomic E-state index is 12.6. The van der Waals surface area contributed by atoms with E-state index in [0.29, 0.717) is 51.6 Å². The number of benzene rings is 1. The maximum Gasteiger partial charge on any atom is 0.254 e. The quantitative estimate of drug-likeness (QED) is 0.827. The SMILES string of the molecule is CCc1ccc(C(=O)N2CCN(C(=O)C3COCCO3)CC2)cc1. The Labute approximate surface area is 142 Å². The number of nitrogens with zero attached hydrogens (tertiary/aromatic N) is 2. The van der Waals surface area contributed by atoms with E-state index in [1.54, 1.807) is 4.90 Å². The van der Waals surface area contributed by atoms with Crippen LogP contribution >= 0.6 is 0 Å². The fourth-order valence-electron chi connectivity index (χ4n) is 3.03. The largest absolute Gasteiger partial charge is 0.376 e. The Morgan fingerprint density at radius 1 is 1.04 bits per heavy atom. The molecule has 0 bridgehead atoms. The molecule has 0 N–H and O–H groups in total. The average Bonchev–Trinajstić information content (AvgIpc) is 2.68. The predicted octanol–water partition coefficient (Wildman–Crippen LogP) is 0.949. The minimum atomic E-state index is -0.498. The van der Waals surface area contributed by atoms with Crippen LogP contribution in [0.5, 0.6) is 0 Å². The zero-order chi connectivity index (χ0) is 16.9. The Hall–Kier alpha value is -1.92. The lowest BCUT2D eigenvalue weighted by molar-refractivity contribution is -0.159. The van der Waals surface area contributed by atoms with Gasteiger partial charge in [0.25, 0.3) is 11.8 Å². The van der Waals surface area contributed by atoms with Crippen LogP contribution in [0.2, 0.25) is 0 Å². The van der Waals surface area contributed by atoms with Gasteiger partial charge < -0.3 is 19.3 Å². The third-order valence-corrected chi connectivity index (χ3v) is 4.58. The number of rotatable bonds is 3. The van der Waals surface area contributed by atoms with Crippen molar-refractivity contribution in [3.05, 3.63) is 35.4 Å². The molecule has 2 fully saturated rings. The lowest BCUT2D eigenvalue weighted by atomic mass is 10.1. The predicted molar refractivity (Wildman–Crippen MR) is 88.9 cm³/mol. The van der Waals surface area contributed by atoms with Crippen LogP contribution in [0.3, 0.4) is 0 Å². The molecule has 6 nitrogen and oxygen atoms in total. The number of hydrogen-bond acceptors (Lipinski definition) is 4. The fraction of sp³-hybridized carbons (Fsp3) is 0.556. The van der Waals surface area contributed by atoms with Crippen LogP contribution < -0.4 is 0 Å². The first-order chi connectivity index (χ1) is 11.7. The summed E-state index contributed by atoms with van der Waals surface area (Å²) in [5, 5.41) is 0. The zero-order valence-corrected chi connectivity index (χ0v) is 14.1. The summed E-state index contributed by atoms with van der Waals surface area (Å²) < 4.78 is 10.8. The Morgan fingerprint density at radius 3 is 2.29 bits per heavy atom. The van der Waals surface area contributed by atoms with E-state index in [0.717, 1.165) is 6.42 Å². The summed E-state index contributed by atoms with van der Waals surface area (Å²) in [4.78, 5) is 28.5. The lowest BCUT2D eigenvalue weighted by Crippen LogP contribution is -2.54. The van der Waals surface area contributed by atoms with Gasteiger partial charge in [-0.15, -0.1) is 0 Å². The third kappa shape index (κ3) is 3.76. The first-order valence-electron chi connectivity index (χ1n) is 8.55. The monoisotopic (exact) mass is 332 g/mol. The average molecular weight is 332 g/mol. The highest BCUT2D eigenvalue weighted by molar-refractivity contribution is 5.94. The maximum atomic E-state index is 12.6. The van der Waals surface area contributed by atoms with Crippen LogP contribution in [-0.4, -0.2) is 73.7 Å². The van der Waals surface area contributed by atoms with Crippen LogP contribution in [-0.2, 0) is 20.7 Å². The molecule has 0 aromatic heterocycles. The van der Waals surface area contributed by atoms with Crippen molar-refractivity contribution < 1.29 is 19.1 Å². The molecule has 1 atom stereocenters. The van der Waals surface area contributed by atoms with Gasteiger partial charge in [-0.2, -0.15) is 0 Å². The molecule has 0 radical (unpaired) electrons. The van der Waals surface area contributed by atoms with E-state index in [1.165, 1.54) is 5.56 Å². The van der Waals surface area contributed by atoms with Crippen LogP contribution in [0, 0.1) is 0 Å². The molecule has 2 saturated heterocycles. The van der Waals surface area contributed by atoms with Crippen molar-refractivity contribution in [3.63, 3.8) is 0 Å². The number of carbonyl (C=O) groups is 2. The van der Waals surface area contributed by atoms with E-state index in [4.69, 9.17) is 9.47 Å². The highest BCUT2D eigenvalue weighted by Crippen LogP contribution is 2.13. The molecule has 2 aliphatic heterocycles. The minimum Gasteiger partial charge on any atom is -0.376 e. The molecule has 24 heavy (non-hydrogen) atoms. The van der Waals surface area contributed by atoms with Crippen LogP contribution in [0.15, 0.2) is 24.3 Å². The minimum absolute atomic E-state index is 0.0296. The molecule has 1 aromatic carbocycles. The van der Waals surface area contributed by atoms with Gasteiger partial charge in [0.2, 0.25) is 0 Å². The first kappa shape index (κ1) is 16.9. The van der Waals surface area contributed by atoms with Gasteiger partial charge in [0.15, 0.2) is 6.10 Å². The molecule has 6 heteroatoms. The number of aryl methyl sites for hydroxylation is 1. The van der Waals surface area contributed by atoms with E-state index >= 15 is 0 Å². The molecule has 3 rings (SSSR count). The Bertz CT molecular complexity index is 573. The standard InChI is InChI=1S/C18H24N2O4/c1-2-14-3-5-15(6-4-14)17(21)19-7-9-20(10-8-19)18(22)16-13-23-11-12-24-16/h3-6,16H,2,7-13H2,1H3. The summed E-state index contributed by atoms with van der Waals surface area (Å²) in [5.74, 6) is -0.00361. The van der Waals surface area contributed by atoms with Gasteiger partial charge in [0.1, 0.15) is 0 Å². The van der Waals surface area contributed by atoms with E-state index in [9.17, 15) is 9.59 Å². The third-order valence-electron chi connectivity index (χ3n) is 4.58. The summed E-state index contributed by atoms with van der Waals surface area (Å²) in [6.45, 7) is 5.59. The van der Waals surface area contributed by atoms with Crippen molar-refractivity contribution in [3.8, 4) is 0 Å². The molecule has 130 valence electrons. The zero-order valence-electron chi connectivity index (χ0n) is 14.1. The summed E-state index contributed by atoms with van der Waals surface area (Å²) in [7, 11) is 0. The molecule has 0 aliphatic carbocycles. The van der Waals surface area contributed by atoms with Crippen molar-refractivity contribution in [2.75, 3.05) is 46.0 Å². The number of piperazine rings is 1. The number of ether oxygens (including phenoxy) is 2. The van der Waals surface area contributed by atoms with E-state index in [2.05, 4.69) is 6.92 Å². The van der Waals surface area contributed by atoms with E-state index < -0.39 is 6.10 Å². The van der Waals surface area contributed by atoms with Gasteiger partial charge in [-0.3, -0.25) is 9.59 Å². The Morgan fingerprint density at radius 2 is 1.71 bits per heavy atom. The van der Waals surface area contributed by atoms with Crippen LogP contribution in [0.4, 0.5) is 0 Å². The van der Waals surface area contributed by atoms with Gasteiger partial charge in [0, 0.05) is 31.7 Å². The molecule has 2 amide bonds. The first-order valence-corrected chi connectivity index (χ1v) is 8.55. The van der Waals surface area contributed by atoms with Crippen molar-refractivity contribution in [2.45, 2.75) is 19.4 Å². The number of hydrogen-bond donors (Lipinski definition) is 0. The summed E-state index contributed by atoms with van der Waals surface area (Å²) in [5.41, 5.74) is 1.92. The van der Waals surface area contributed by atoms with Gasteiger partial charge in [-0.05, 0) is 24.1 Å². The van der Waals surface area contributed by atoms with E-state index in [1.807, 2.05) is 29.2 Å². The highest BCUT2D eigenvalue weighted by atomic mass is 16.6. The topological polar surface area (TPSA) is 59.1 Å². The fourth-order valence-corrected chi connectivity index (χ4v) is 3.03. The van der Waals surface area contributed by atoms with Gasteiger partial charge >= 0.3 is 0 Å². The van der Waals surface area contributed by atoms with Gasteiger partial charge in [-0.1, -0.05) is 19.1 Å². The normalized spacial score (nSPS) is 21.6. The molecule has 0 spiro atoms. The lowest BCUT2D eigenvalue weighted by Gasteiger charge is -2.37. The second-order valence-corrected chi connectivity index (χ2v) is 6.10. The molecular formula is C18H24N2O4. The number of amides is 2. The second kappa shape index (κ2) is 7.77. The summed E-state index contributed by atoms with van der Waals surface area (Å²) in [6, 6.07) is 7.75. The second-order valence-electron chi connectivity index (χ2n) is 6.10. The Kier molecular flexibility index (Phi) is 5.48. The summed E-state index contributed by atoms with van der Waals surface area (Å²) in [6.07, 6.45) is 0.463. The summed E-state index contributed by atoms with van der Waals surface area (Å²) >= 11 is 0. The highest BCUT2D eigenvalue weighted by Gasteiger charge is 2.31. The van der Waals surface area contributed by atoms with Gasteiger partial charge in [-0.25, -0.2) is 0 Å². The van der Waals surface area contributed by atoms with Crippen LogP contribution in [0.25, 0.3) is 0 Å². The molecule has 0 saturated carbocycles. The molecule has 2 heterocycles. The smallest absolute Gasteiger partial charge is 0.254 e. The van der Waals surface area contributed by atoms with Crippen molar-refractivity contribution in [2.24, 2.45) is 0 Å². The van der Waals surface area contributed by atoms with Gasteiger partial charge in [0.05, 0.1) is 19.8 Å². The molecule has 1 aromatic rings. The Balaban J connectivity index is 1.54. The molecule has 1 unspecified atom stereocenters. The van der Waals surface area contributed by atoms with Crippen LogP contribution in [0.1, 0.15) is 22.8 Å². The van der Waals surface area contributed by atoms with E-state index in [-0.39, 0.29) is 11.8 Å². The van der Waals surface area contributed by atoms with Crippen molar-refractivity contribution in [1.29, 1.82) is 0 Å². The van der Waals surface area contributed by atoms with Crippen molar-refractivity contribution in [1.82, 2.24) is 9.80 Å². The molecule has 2 aliphatic rings. The number of carbonyl (C=O) groups excluding carboxylic acids is 2. The van der Waals surface area contributed by atoms with Crippen molar-refractivity contribution >= 4 is 11.8 Å². The molecular weight excluding hydrogens is 308 g/mol.